The van der Waals surface area contributed by atoms with Crippen molar-refractivity contribution >= 4 is 10.9 Å². The Morgan fingerprint density at radius 3 is 1.50 bits per heavy atom. The number of aryl methyl sites for hydroxylation is 2. The van der Waals surface area contributed by atoms with E-state index in [-0.39, 0.29) is 0 Å². The first-order chi connectivity index (χ1) is 9.72. The average Bonchev–Trinajstić information content (AvgIpc) is 2.80. The molecule has 0 N–H and O–H groups in total. The van der Waals surface area contributed by atoms with Crippen molar-refractivity contribution in [1.82, 2.24) is 4.57 Å². The highest BCUT2D eigenvalue weighted by Gasteiger charge is 2.05. The van der Waals surface area contributed by atoms with E-state index in [1.165, 1.54) is 22.2 Å². The lowest BCUT2D eigenvalue weighted by atomic mass is 10.2. The standard InChI is InChI=1S/C11H13N.4C2H6/c1-8-9(2)12(3)11-7-5-4-6-10(8)11;4*1-2/h4-7H,1-3H3;4*1-2H3. The molecule has 0 unspecified atom stereocenters. The number of fused-ring (bicyclic) bond motifs is 1. The van der Waals surface area contributed by atoms with Gasteiger partial charge in [-0.25, -0.2) is 0 Å². The molecule has 0 aliphatic carbocycles. The fourth-order valence-corrected chi connectivity index (χ4v) is 1.71. The van der Waals surface area contributed by atoms with Crippen molar-refractivity contribution in [2.24, 2.45) is 7.05 Å². The van der Waals surface area contributed by atoms with Gasteiger partial charge in [-0.1, -0.05) is 73.6 Å². The fourth-order valence-electron chi connectivity index (χ4n) is 1.71. The molecule has 0 aliphatic heterocycles. The molecule has 1 heterocycles. The lowest BCUT2D eigenvalue weighted by molar-refractivity contribution is 0.910. The molecule has 0 amide bonds. The lowest BCUT2D eigenvalue weighted by Crippen LogP contribution is -1.89. The molecule has 0 atom stereocenters. The normalized spacial score (nSPS) is 7.75. The summed E-state index contributed by atoms with van der Waals surface area (Å²) in [7, 11) is 2.12. The Hall–Kier alpha value is -1.24. The van der Waals surface area contributed by atoms with Crippen LogP contribution in [0.2, 0.25) is 0 Å². The van der Waals surface area contributed by atoms with E-state index in [1.54, 1.807) is 0 Å². The van der Waals surface area contributed by atoms with Crippen molar-refractivity contribution in [3.05, 3.63) is 35.5 Å². The number of aromatic nitrogens is 1. The van der Waals surface area contributed by atoms with Gasteiger partial charge in [-0.15, -0.1) is 0 Å². The van der Waals surface area contributed by atoms with E-state index in [4.69, 9.17) is 0 Å². The Balaban J connectivity index is -0.000000314. The zero-order valence-electron chi connectivity index (χ0n) is 15.8. The van der Waals surface area contributed by atoms with Gasteiger partial charge in [0.1, 0.15) is 0 Å². The molecule has 0 saturated heterocycles. The molecule has 0 spiro atoms. The van der Waals surface area contributed by atoms with Crippen molar-refractivity contribution in [1.29, 1.82) is 0 Å². The van der Waals surface area contributed by atoms with Crippen molar-refractivity contribution in [3.8, 4) is 0 Å². The van der Waals surface area contributed by atoms with E-state index in [1.807, 2.05) is 55.4 Å². The van der Waals surface area contributed by atoms with E-state index in [0.717, 1.165) is 0 Å². The molecule has 0 bridgehead atoms. The third-order valence-corrected chi connectivity index (χ3v) is 2.72. The van der Waals surface area contributed by atoms with Gasteiger partial charge in [0.2, 0.25) is 0 Å². The first-order valence-electron chi connectivity index (χ1n) is 8.22. The van der Waals surface area contributed by atoms with Crippen LogP contribution < -0.4 is 0 Å². The van der Waals surface area contributed by atoms with Crippen LogP contribution in [0.5, 0.6) is 0 Å². The first kappa shape index (κ1) is 23.8. The van der Waals surface area contributed by atoms with Gasteiger partial charge in [-0.3, -0.25) is 0 Å². The van der Waals surface area contributed by atoms with Crippen molar-refractivity contribution in [2.75, 3.05) is 0 Å². The second-order valence-electron chi connectivity index (χ2n) is 3.29. The van der Waals surface area contributed by atoms with Crippen molar-refractivity contribution in [2.45, 2.75) is 69.2 Å². The molecule has 0 aliphatic rings. The molecular formula is C19H37N. The predicted octanol–water partition coefficient (Wildman–Crippen LogP) is 6.90. The van der Waals surface area contributed by atoms with Crippen LogP contribution in [0.1, 0.15) is 66.6 Å². The Labute approximate surface area is 128 Å². The van der Waals surface area contributed by atoms with E-state index >= 15 is 0 Å². The van der Waals surface area contributed by atoms with Crippen LogP contribution in [0.15, 0.2) is 24.3 Å². The SMILES string of the molecule is CC.CC.CC.CC.Cc1c(C)n(C)c2ccccc12. The predicted molar refractivity (Wildman–Crippen MR) is 97.8 cm³/mol. The Morgan fingerprint density at radius 2 is 1.10 bits per heavy atom. The maximum Gasteiger partial charge on any atom is 0.0482 e. The molecule has 1 nitrogen and oxygen atoms in total. The van der Waals surface area contributed by atoms with E-state index < -0.39 is 0 Å². The Kier molecular flexibility index (Phi) is 18.8. The Bertz CT molecular complexity index is 386. The minimum Gasteiger partial charge on any atom is -0.348 e. The maximum atomic E-state index is 2.24. The molecule has 1 aromatic heterocycles. The van der Waals surface area contributed by atoms with Gasteiger partial charge >= 0.3 is 0 Å². The molecule has 2 aromatic rings. The van der Waals surface area contributed by atoms with Gasteiger partial charge in [0.25, 0.3) is 0 Å². The summed E-state index contributed by atoms with van der Waals surface area (Å²) in [4.78, 5) is 0. The maximum absolute atomic E-state index is 2.24. The number of hydrogen-bond donors (Lipinski definition) is 0. The summed E-state index contributed by atoms with van der Waals surface area (Å²) in [6, 6.07) is 8.52. The summed E-state index contributed by atoms with van der Waals surface area (Å²) in [5.74, 6) is 0. The highest BCUT2D eigenvalue weighted by atomic mass is 14.9. The second kappa shape index (κ2) is 15.8. The summed E-state index contributed by atoms with van der Waals surface area (Å²) < 4.78 is 2.24. The molecule has 1 aromatic carbocycles. The smallest absolute Gasteiger partial charge is 0.0482 e. The molecule has 1 heteroatoms. The van der Waals surface area contributed by atoms with E-state index in [2.05, 4.69) is 49.7 Å². The van der Waals surface area contributed by atoms with Crippen molar-refractivity contribution in [3.63, 3.8) is 0 Å². The Morgan fingerprint density at radius 1 is 0.700 bits per heavy atom. The summed E-state index contributed by atoms with van der Waals surface area (Å²) in [6.45, 7) is 20.3. The summed E-state index contributed by atoms with van der Waals surface area (Å²) in [5.41, 5.74) is 4.08. The quantitative estimate of drug-likeness (QED) is 0.494. The number of hydrogen-bond acceptors (Lipinski definition) is 0. The van der Waals surface area contributed by atoms with Crippen LogP contribution >= 0.6 is 0 Å². The van der Waals surface area contributed by atoms with Crippen LogP contribution in [-0.2, 0) is 7.05 Å². The molecule has 0 fully saturated rings. The van der Waals surface area contributed by atoms with Gasteiger partial charge in [-0.2, -0.15) is 0 Å². The zero-order valence-corrected chi connectivity index (χ0v) is 15.8. The summed E-state index contributed by atoms with van der Waals surface area (Å²) in [5, 5.41) is 1.37. The zero-order chi connectivity index (χ0) is 16.7. The van der Waals surface area contributed by atoms with Crippen LogP contribution in [0.25, 0.3) is 10.9 Å². The third-order valence-electron chi connectivity index (χ3n) is 2.72. The molecule has 2 rings (SSSR count). The highest BCUT2D eigenvalue weighted by molar-refractivity contribution is 5.85. The minimum atomic E-state index is 1.33. The van der Waals surface area contributed by atoms with Crippen LogP contribution in [0.3, 0.4) is 0 Å². The third kappa shape index (κ3) is 6.27. The first-order valence-corrected chi connectivity index (χ1v) is 8.22. The average molecular weight is 280 g/mol. The highest BCUT2D eigenvalue weighted by Crippen LogP contribution is 2.22. The largest absolute Gasteiger partial charge is 0.348 e. The fraction of sp³-hybridized carbons (Fsp3) is 0.579. The topological polar surface area (TPSA) is 4.93 Å². The monoisotopic (exact) mass is 279 g/mol. The van der Waals surface area contributed by atoms with E-state index in [0.29, 0.717) is 0 Å². The molecular weight excluding hydrogens is 242 g/mol. The summed E-state index contributed by atoms with van der Waals surface area (Å²) in [6.07, 6.45) is 0. The van der Waals surface area contributed by atoms with Crippen molar-refractivity contribution < 1.29 is 0 Å². The number of rotatable bonds is 0. The van der Waals surface area contributed by atoms with Gasteiger partial charge in [0.05, 0.1) is 0 Å². The molecule has 0 radical (unpaired) electrons. The molecule has 118 valence electrons. The molecule has 20 heavy (non-hydrogen) atoms. The van der Waals surface area contributed by atoms with Gasteiger partial charge in [-0.05, 0) is 25.5 Å². The van der Waals surface area contributed by atoms with Crippen LogP contribution in [0.4, 0.5) is 0 Å². The van der Waals surface area contributed by atoms with Gasteiger partial charge < -0.3 is 4.57 Å². The lowest BCUT2D eigenvalue weighted by Gasteiger charge is -1.96. The van der Waals surface area contributed by atoms with E-state index in [9.17, 15) is 0 Å². The number of para-hydroxylation sites is 1. The molecule has 0 saturated carbocycles. The van der Waals surface area contributed by atoms with Crippen LogP contribution in [-0.4, -0.2) is 4.57 Å². The summed E-state index contributed by atoms with van der Waals surface area (Å²) >= 11 is 0. The van der Waals surface area contributed by atoms with Crippen LogP contribution in [0, 0.1) is 13.8 Å². The van der Waals surface area contributed by atoms with Gasteiger partial charge in [0.15, 0.2) is 0 Å². The number of benzene rings is 1. The minimum absolute atomic E-state index is 1.33. The second-order valence-corrected chi connectivity index (χ2v) is 3.29. The van der Waals surface area contributed by atoms with Gasteiger partial charge in [0, 0.05) is 23.6 Å². The number of nitrogens with zero attached hydrogens (tertiary/aromatic N) is 1.